The summed E-state index contributed by atoms with van der Waals surface area (Å²) in [5, 5.41) is 15.6. The molecule has 1 aromatic rings. The molecule has 2 amide bonds. The molecular weight excluding hydrogens is 316 g/mol. The summed E-state index contributed by atoms with van der Waals surface area (Å²) in [6, 6.07) is 7.26. The number of carbonyl (C=O) groups excluding carboxylic acids is 2. The molecular formula is C20H28N2O3. The fraction of sp³-hybridized carbons (Fsp3) is 0.600. The zero-order valence-corrected chi connectivity index (χ0v) is 14.7. The number of aliphatic hydroxyl groups excluding tert-OH is 1. The SMILES string of the molecule is O=C(NC1CCC(O)CC1)c1cccc(NC(=O)C2CCCCC2)c1. The minimum Gasteiger partial charge on any atom is -0.393 e. The van der Waals surface area contributed by atoms with E-state index in [-0.39, 0.29) is 29.9 Å². The van der Waals surface area contributed by atoms with Gasteiger partial charge in [0.15, 0.2) is 0 Å². The van der Waals surface area contributed by atoms with Crippen molar-refractivity contribution in [2.45, 2.75) is 69.9 Å². The van der Waals surface area contributed by atoms with Crippen LogP contribution in [0.5, 0.6) is 0 Å². The normalized spacial score (nSPS) is 24.5. The summed E-state index contributed by atoms with van der Waals surface area (Å²) in [6.07, 6.45) is 8.25. The fourth-order valence-corrected chi connectivity index (χ4v) is 3.84. The lowest BCUT2D eigenvalue weighted by molar-refractivity contribution is -0.120. The van der Waals surface area contributed by atoms with Crippen LogP contribution >= 0.6 is 0 Å². The summed E-state index contributed by atoms with van der Waals surface area (Å²) >= 11 is 0. The molecule has 3 N–H and O–H groups in total. The van der Waals surface area contributed by atoms with Gasteiger partial charge in [-0.2, -0.15) is 0 Å². The molecule has 1 aromatic carbocycles. The first-order valence-electron chi connectivity index (χ1n) is 9.51. The van der Waals surface area contributed by atoms with Crippen molar-refractivity contribution in [1.82, 2.24) is 5.32 Å². The highest BCUT2D eigenvalue weighted by Crippen LogP contribution is 2.25. The van der Waals surface area contributed by atoms with Crippen molar-refractivity contribution in [3.63, 3.8) is 0 Å². The monoisotopic (exact) mass is 344 g/mol. The second-order valence-electron chi connectivity index (χ2n) is 7.38. The van der Waals surface area contributed by atoms with Crippen LogP contribution in [0.3, 0.4) is 0 Å². The number of benzene rings is 1. The molecule has 2 aliphatic carbocycles. The van der Waals surface area contributed by atoms with E-state index in [9.17, 15) is 14.7 Å². The van der Waals surface area contributed by atoms with Gasteiger partial charge >= 0.3 is 0 Å². The number of hydrogen-bond donors (Lipinski definition) is 3. The van der Waals surface area contributed by atoms with Crippen LogP contribution in [0, 0.1) is 5.92 Å². The molecule has 0 aromatic heterocycles. The predicted octanol–water partition coefficient (Wildman–Crippen LogP) is 3.24. The average Bonchev–Trinajstić information content (AvgIpc) is 2.64. The summed E-state index contributed by atoms with van der Waals surface area (Å²) in [6.45, 7) is 0. The van der Waals surface area contributed by atoms with E-state index in [1.165, 1.54) is 6.42 Å². The molecule has 0 bridgehead atoms. The van der Waals surface area contributed by atoms with Gasteiger partial charge in [-0.25, -0.2) is 0 Å². The molecule has 136 valence electrons. The highest BCUT2D eigenvalue weighted by atomic mass is 16.3. The van der Waals surface area contributed by atoms with Gasteiger partial charge in [0.05, 0.1) is 6.10 Å². The quantitative estimate of drug-likeness (QED) is 0.784. The van der Waals surface area contributed by atoms with Gasteiger partial charge in [-0.15, -0.1) is 0 Å². The van der Waals surface area contributed by atoms with E-state index < -0.39 is 0 Å². The summed E-state index contributed by atoms with van der Waals surface area (Å²) < 4.78 is 0. The Morgan fingerprint density at radius 2 is 1.68 bits per heavy atom. The van der Waals surface area contributed by atoms with Gasteiger partial charge in [-0.1, -0.05) is 25.3 Å². The van der Waals surface area contributed by atoms with Gasteiger partial charge < -0.3 is 15.7 Å². The molecule has 0 atom stereocenters. The van der Waals surface area contributed by atoms with E-state index in [0.29, 0.717) is 11.3 Å². The molecule has 0 aliphatic heterocycles. The number of nitrogens with one attached hydrogen (secondary N) is 2. The van der Waals surface area contributed by atoms with Crippen LogP contribution in [-0.4, -0.2) is 29.1 Å². The molecule has 5 nitrogen and oxygen atoms in total. The third kappa shape index (κ3) is 5.05. The van der Waals surface area contributed by atoms with Crippen molar-refractivity contribution in [1.29, 1.82) is 0 Å². The third-order valence-corrected chi connectivity index (χ3v) is 5.40. The molecule has 3 rings (SSSR count). The maximum atomic E-state index is 12.4. The van der Waals surface area contributed by atoms with Crippen LogP contribution in [0.4, 0.5) is 5.69 Å². The zero-order valence-electron chi connectivity index (χ0n) is 14.7. The van der Waals surface area contributed by atoms with Gasteiger partial charge in [-0.05, 0) is 56.7 Å². The largest absolute Gasteiger partial charge is 0.393 e. The second kappa shape index (κ2) is 8.48. The van der Waals surface area contributed by atoms with Crippen molar-refractivity contribution >= 4 is 17.5 Å². The third-order valence-electron chi connectivity index (χ3n) is 5.40. The number of amides is 2. The Labute approximate surface area is 149 Å². The zero-order chi connectivity index (χ0) is 17.6. The molecule has 25 heavy (non-hydrogen) atoms. The van der Waals surface area contributed by atoms with Gasteiger partial charge in [-0.3, -0.25) is 9.59 Å². The topological polar surface area (TPSA) is 78.4 Å². The van der Waals surface area contributed by atoms with Gasteiger partial charge in [0.2, 0.25) is 5.91 Å². The lowest BCUT2D eigenvalue weighted by atomic mass is 9.88. The highest BCUT2D eigenvalue weighted by Gasteiger charge is 2.23. The Hall–Kier alpha value is -1.88. The van der Waals surface area contributed by atoms with Crippen LogP contribution in [-0.2, 0) is 4.79 Å². The summed E-state index contributed by atoms with van der Waals surface area (Å²) in [5.41, 5.74) is 1.25. The summed E-state index contributed by atoms with van der Waals surface area (Å²) in [4.78, 5) is 24.8. The first-order chi connectivity index (χ1) is 12.1. The first-order valence-corrected chi connectivity index (χ1v) is 9.51. The average molecular weight is 344 g/mol. The molecule has 5 heteroatoms. The van der Waals surface area contributed by atoms with Crippen molar-refractivity contribution in [2.24, 2.45) is 5.92 Å². The Kier molecular flexibility index (Phi) is 6.08. The first kappa shape index (κ1) is 17.9. The Bertz CT molecular complexity index is 603. The highest BCUT2D eigenvalue weighted by molar-refractivity contribution is 5.97. The summed E-state index contributed by atoms with van der Waals surface area (Å²) in [5.74, 6) is 0.0496. The molecule has 2 aliphatic rings. The van der Waals surface area contributed by atoms with Crippen LogP contribution in [0.1, 0.15) is 68.1 Å². The van der Waals surface area contributed by atoms with Gasteiger partial charge in [0.25, 0.3) is 5.91 Å². The minimum absolute atomic E-state index is 0.0681. The Balaban J connectivity index is 1.56. The number of rotatable bonds is 4. The van der Waals surface area contributed by atoms with E-state index in [4.69, 9.17) is 0 Å². The smallest absolute Gasteiger partial charge is 0.251 e. The number of carbonyl (C=O) groups is 2. The van der Waals surface area contributed by atoms with E-state index in [1.54, 1.807) is 18.2 Å². The Morgan fingerprint density at radius 3 is 2.40 bits per heavy atom. The minimum atomic E-state index is -0.230. The number of aliphatic hydroxyl groups is 1. The molecule has 0 radical (unpaired) electrons. The van der Waals surface area contributed by atoms with E-state index in [1.807, 2.05) is 6.07 Å². The van der Waals surface area contributed by atoms with Crippen molar-refractivity contribution in [3.8, 4) is 0 Å². The molecule has 2 fully saturated rings. The van der Waals surface area contributed by atoms with Crippen molar-refractivity contribution in [2.75, 3.05) is 5.32 Å². The maximum Gasteiger partial charge on any atom is 0.251 e. The van der Waals surface area contributed by atoms with Crippen LogP contribution in [0.25, 0.3) is 0 Å². The van der Waals surface area contributed by atoms with Crippen LogP contribution in [0.2, 0.25) is 0 Å². The number of hydrogen-bond acceptors (Lipinski definition) is 3. The van der Waals surface area contributed by atoms with Crippen molar-refractivity contribution < 1.29 is 14.7 Å². The second-order valence-corrected chi connectivity index (χ2v) is 7.38. The van der Waals surface area contributed by atoms with Gasteiger partial charge in [0.1, 0.15) is 0 Å². The molecule has 2 saturated carbocycles. The Morgan fingerprint density at radius 1 is 0.960 bits per heavy atom. The lowest BCUT2D eigenvalue weighted by Crippen LogP contribution is -2.38. The standard InChI is InChI=1S/C20H28N2O3/c23-18-11-9-16(10-12-18)21-20(25)15-7-4-8-17(13-15)22-19(24)14-5-2-1-3-6-14/h4,7-8,13-14,16,18,23H,1-3,5-6,9-12H2,(H,21,25)(H,22,24). The van der Waals surface area contributed by atoms with Gasteiger partial charge in [0, 0.05) is 23.2 Å². The molecule has 0 spiro atoms. The van der Waals surface area contributed by atoms with E-state index in [0.717, 1.165) is 51.4 Å². The predicted molar refractivity (Wildman–Crippen MR) is 97.4 cm³/mol. The number of anilines is 1. The van der Waals surface area contributed by atoms with E-state index in [2.05, 4.69) is 10.6 Å². The molecule has 0 heterocycles. The summed E-state index contributed by atoms with van der Waals surface area (Å²) in [7, 11) is 0. The van der Waals surface area contributed by atoms with Crippen LogP contribution in [0.15, 0.2) is 24.3 Å². The molecule has 0 unspecified atom stereocenters. The fourth-order valence-electron chi connectivity index (χ4n) is 3.84. The molecule has 0 saturated heterocycles. The van der Waals surface area contributed by atoms with E-state index >= 15 is 0 Å². The van der Waals surface area contributed by atoms with Crippen molar-refractivity contribution in [3.05, 3.63) is 29.8 Å². The van der Waals surface area contributed by atoms with Crippen LogP contribution < -0.4 is 10.6 Å². The maximum absolute atomic E-state index is 12.4. The lowest BCUT2D eigenvalue weighted by Gasteiger charge is -2.26.